The monoisotopic (exact) mass is 285 g/mol. The van der Waals surface area contributed by atoms with Crippen LogP contribution >= 0.6 is 11.3 Å². The van der Waals surface area contributed by atoms with E-state index in [0.29, 0.717) is 6.54 Å². The third-order valence-corrected chi connectivity index (χ3v) is 3.82. The minimum Gasteiger partial charge on any atom is -0.482 e. The van der Waals surface area contributed by atoms with Gasteiger partial charge in [0.25, 0.3) is 5.91 Å². The van der Waals surface area contributed by atoms with Gasteiger partial charge in [-0.05, 0) is 18.4 Å². The van der Waals surface area contributed by atoms with Gasteiger partial charge in [0, 0.05) is 11.4 Å². The zero-order valence-electron chi connectivity index (χ0n) is 11.4. The molecule has 0 atom stereocenters. The summed E-state index contributed by atoms with van der Waals surface area (Å²) in [6.45, 7) is 6.35. The molecule has 0 aliphatic carbocycles. The summed E-state index contributed by atoms with van der Waals surface area (Å²) in [4.78, 5) is 23.6. The first kappa shape index (κ1) is 15.5. The molecule has 0 aromatic carbocycles. The molecule has 0 aliphatic rings. The van der Waals surface area contributed by atoms with E-state index in [-0.39, 0.29) is 29.1 Å². The molecular weight excluding hydrogens is 266 g/mol. The Morgan fingerprint density at radius 1 is 1.47 bits per heavy atom. The van der Waals surface area contributed by atoms with E-state index in [4.69, 9.17) is 9.84 Å². The minimum absolute atomic E-state index is 0.145. The molecule has 0 unspecified atom stereocenters. The van der Waals surface area contributed by atoms with E-state index in [1.54, 1.807) is 6.07 Å². The van der Waals surface area contributed by atoms with Crippen molar-refractivity contribution in [3.05, 3.63) is 15.8 Å². The highest BCUT2D eigenvalue weighted by atomic mass is 32.1. The van der Waals surface area contributed by atoms with Crippen LogP contribution in [0.15, 0.2) is 6.07 Å². The lowest BCUT2D eigenvalue weighted by atomic mass is 10.2. The number of hydrogen-bond acceptors (Lipinski definition) is 4. The summed E-state index contributed by atoms with van der Waals surface area (Å²) in [5, 5.41) is 11.8. The summed E-state index contributed by atoms with van der Waals surface area (Å²) in [5.41, 5.74) is 0. The lowest BCUT2D eigenvalue weighted by Gasteiger charge is -2.05. The predicted molar refractivity (Wildman–Crippen MR) is 74.2 cm³/mol. The van der Waals surface area contributed by atoms with Gasteiger partial charge in [0.15, 0.2) is 11.5 Å². The Kier molecular flexibility index (Phi) is 5.82. The van der Waals surface area contributed by atoms with Crippen LogP contribution in [0.5, 0.6) is 5.75 Å². The molecule has 1 aromatic rings. The second-order valence-electron chi connectivity index (χ2n) is 4.44. The van der Waals surface area contributed by atoms with E-state index in [9.17, 15) is 9.59 Å². The van der Waals surface area contributed by atoms with Crippen molar-refractivity contribution < 1.29 is 19.4 Å². The van der Waals surface area contributed by atoms with Gasteiger partial charge in [-0.2, -0.15) is 0 Å². The maximum absolute atomic E-state index is 11.4. The molecule has 19 heavy (non-hydrogen) atoms. The number of nitrogens with one attached hydrogen (secondary N) is 1. The average molecular weight is 285 g/mol. The van der Waals surface area contributed by atoms with Gasteiger partial charge in [0.1, 0.15) is 5.75 Å². The number of aromatic carboxylic acids is 1. The molecular formula is C13H19NO4S. The number of carbonyl (C=O) groups is 2. The van der Waals surface area contributed by atoms with Crippen LogP contribution in [-0.2, 0) is 4.79 Å². The van der Waals surface area contributed by atoms with Crippen LogP contribution in [0.25, 0.3) is 0 Å². The number of carboxylic acid groups (broad SMARTS) is 1. The van der Waals surface area contributed by atoms with Gasteiger partial charge >= 0.3 is 5.97 Å². The van der Waals surface area contributed by atoms with Crippen LogP contribution in [0.1, 0.15) is 47.7 Å². The van der Waals surface area contributed by atoms with E-state index in [0.717, 1.165) is 11.3 Å². The second-order valence-corrected chi connectivity index (χ2v) is 5.52. The number of amides is 1. The van der Waals surface area contributed by atoms with Crippen molar-refractivity contribution in [1.82, 2.24) is 5.32 Å². The predicted octanol–water partition coefficient (Wildman–Crippen LogP) is 2.47. The van der Waals surface area contributed by atoms with Crippen molar-refractivity contribution in [3.63, 3.8) is 0 Å². The summed E-state index contributed by atoms with van der Waals surface area (Å²) in [7, 11) is 0. The normalized spacial score (nSPS) is 10.5. The van der Waals surface area contributed by atoms with E-state index in [2.05, 4.69) is 5.32 Å². The molecule has 0 saturated heterocycles. The molecule has 1 amide bonds. The standard InChI is InChI=1S/C13H19NO4S/c1-4-5-14-11(15)7-18-9-6-10(8(2)3)19-12(9)13(16)17/h6,8H,4-5,7H2,1-3H3,(H,14,15)(H,16,17). The van der Waals surface area contributed by atoms with E-state index >= 15 is 0 Å². The van der Waals surface area contributed by atoms with Crippen molar-refractivity contribution in [2.75, 3.05) is 13.2 Å². The molecule has 2 N–H and O–H groups in total. The smallest absolute Gasteiger partial charge is 0.349 e. The van der Waals surface area contributed by atoms with Gasteiger partial charge in [-0.25, -0.2) is 4.79 Å². The van der Waals surface area contributed by atoms with Crippen molar-refractivity contribution in [1.29, 1.82) is 0 Å². The van der Waals surface area contributed by atoms with Gasteiger partial charge in [0.2, 0.25) is 0 Å². The summed E-state index contributed by atoms with van der Waals surface area (Å²) >= 11 is 1.19. The fourth-order valence-electron chi connectivity index (χ4n) is 1.39. The largest absolute Gasteiger partial charge is 0.482 e. The molecule has 0 fully saturated rings. The molecule has 0 bridgehead atoms. The van der Waals surface area contributed by atoms with Crippen LogP contribution in [0.3, 0.4) is 0 Å². The Morgan fingerprint density at radius 3 is 2.68 bits per heavy atom. The van der Waals surface area contributed by atoms with Gasteiger partial charge < -0.3 is 15.2 Å². The molecule has 6 heteroatoms. The topological polar surface area (TPSA) is 75.6 Å². The molecule has 5 nitrogen and oxygen atoms in total. The molecule has 1 heterocycles. The van der Waals surface area contributed by atoms with Gasteiger partial charge in [-0.1, -0.05) is 20.8 Å². The molecule has 1 rings (SSSR count). The summed E-state index contributed by atoms with van der Waals surface area (Å²) in [5.74, 6) is -0.765. The lowest BCUT2D eigenvalue weighted by molar-refractivity contribution is -0.123. The van der Waals surface area contributed by atoms with Crippen LogP contribution < -0.4 is 10.1 Å². The Morgan fingerprint density at radius 2 is 2.16 bits per heavy atom. The van der Waals surface area contributed by atoms with Crippen molar-refractivity contribution in [2.24, 2.45) is 0 Å². The number of rotatable bonds is 7. The maximum Gasteiger partial charge on any atom is 0.349 e. The molecule has 106 valence electrons. The van der Waals surface area contributed by atoms with Crippen molar-refractivity contribution in [2.45, 2.75) is 33.1 Å². The van der Waals surface area contributed by atoms with E-state index < -0.39 is 5.97 Å². The fraction of sp³-hybridized carbons (Fsp3) is 0.538. The van der Waals surface area contributed by atoms with E-state index in [1.807, 2.05) is 20.8 Å². The number of thiophene rings is 1. The SMILES string of the molecule is CCCNC(=O)COc1cc(C(C)C)sc1C(=O)O. The highest BCUT2D eigenvalue weighted by Gasteiger charge is 2.18. The highest BCUT2D eigenvalue weighted by molar-refractivity contribution is 7.14. The van der Waals surface area contributed by atoms with Gasteiger partial charge in [-0.3, -0.25) is 4.79 Å². The first-order valence-electron chi connectivity index (χ1n) is 6.22. The molecule has 0 radical (unpaired) electrons. The quantitative estimate of drug-likeness (QED) is 0.807. The Balaban J connectivity index is 2.71. The highest BCUT2D eigenvalue weighted by Crippen LogP contribution is 2.33. The number of carboxylic acids is 1. The van der Waals surface area contributed by atoms with Gasteiger partial charge in [-0.15, -0.1) is 11.3 Å². The zero-order valence-corrected chi connectivity index (χ0v) is 12.2. The first-order valence-corrected chi connectivity index (χ1v) is 7.03. The van der Waals surface area contributed by atoms with Crippen LogP contribution in [0.4, 0.5) is 0 Å². The number of carbonyl (C=O) groups excluding carboxylic acids is 1. The van der Waals surface area contributed by atoms with Crippen LogP contribution in [0.2, 0.25) is 0 Å². The minimum atomic E-state index is -1.03. The molecule has 0 aliphatic heterocycles. The Labute approximate surface area is 116 Å². The zero-order chi connectivity index (χ0) is 14.4. The summed E-state index contributed by atoms with van der Waals surface area (Å²) < 4.78 is 5.31. The maximum atomic E-state index is 11.4. The van der Waals surface area contributed by atoms with Crippen molar-refractivity contribution >= 4 is 23.2 Å². The third kappa shape index (κ3) is 4.55. The molecule has 0 saturated carbocycles. The van der Waals surface area contributed by atoms with Crippen LogP contribution in [-0.4, -0.2) is 30.1 Å². The van der Waals surface area contributed by atoms with E-state index in [1.165, 1.54) is 11.3 Å². The van der Waals surface area contributed by atoms with Crippen molar-refractivity contribution in [3.8, 4) is 5.75 Å². The number of hydrogen-bond donors (Lipinski definition) is 2. The molecule has 0 spiro atoms. The Bertz CT molecular complexity index is 453. The van der Waals surface area contributed by atoms with Gasteiger partial charge in [0.05, 0.1) is 0 Å². The summed E-state index contributed by atoms with van der Waals surface area (Å²) in [6.07, 6.45) is 0.849. The first-order chi connectivity index (χ1) is 8.95. The second kappa shape index (κ2) is 7.13. The Hall–Kier alpha value is -1.56. The number of ether oxygens (including phenoxy) is 1. The summed E-state index contributed by atoms with van der Waals surface area (Å²) in [6, 6.07) is 1.70. The van der Waals surface area contributed by atoms with Crippen LogP contribution in [0, 0.1) is 0 Å². The molecule has 1 aromatic heterocycles. The fourth-order valence-corrected chi connectivity index (χ4v) is 2.34. The average Bonchev–Trinajstić information content (AvgIpc) is 2.78. The third-order valence-electron chi connectivity index (χ3n) is 2.41. The lowest BCUT2D eigenvalue weighted by Crippen LogP contribution is -2.29.